The topological polar surface area (TPSA) is 81.8 Å². The van der Waals surface area contributed by atoms with Crippen molar-refractivity contribution in [3.8, 4) is 0 Å². The Morgan fingerprint density at radius 3 is 2.40 bits per heavy atom. The highest BCUT2D eigenvalue weighted by atomic mass is 16.2. The van der Waals surface area contributed by atoms with Crippen molar-refractivity contribution in [1.29, 1.82) is 0 Å². The summed E-state index contributed by atoms with van der Waals surface area (Å²) in [6, 6.07) is 7.57. The van der Waals surface area contributed by atoms with Crippen LogP contribution in [0.1, 0.15) is 51.2 Å². The second kappa shape index (κ2) is 8.38. The van der Waals surface area contributed by atoms with Crippen LogP contribution >= 0.6 is 0 Å². The maximum atomic E-state index is 13.1. The molecule has 1 aromatic rings. The Bertz CT molecular complexity index is 818. The highest BCUT2D eigenvalue weighted by Gasteiger charge is 2.56. The molecule has 164 valence electrons. The summed E-state index contributed by atoms with van der Waals surface area (Å²) in [5, 5.41) is 5.73. The molecule has 1 saturated heterocycles. The number of hydrogen-bond donors (Lipinski definition) is 2. The summed E-state index contributed by atoms with van der Waals surface area (Å²) >= 11 is 0. The smallest absolute Gasteiger partial charge is 0.325 e. The van der Waals surface area contributed by atoms with Crippen LogP contribution in [0.15, 0.2) is 24.3 Å². The normalized spacial score (nSPS) is 25.7. The summed E-state index contributed by atoms with van der Waals surface area (Å²) in [5.74, 6) is -0.270. The van der Waals surface area contributed by atoms with E-state index in [1.54, 1.807) is 0 Å². The van der Waals surface area contributed by atoms with Gasteiger partial charge in [0.1, 0.15) is 12.1 Å². The van der Waals surface area contributed by atoms with Crippen LogP contribution in [0.4, 0.5) is 4.79 Å². The predicted molar refractivity (Wildman–Crippen MR) is 115 cm³/mol. The van der Waals surface area contributed by atoms with Crippen LogP contribution in [0.25, 0.3) is 0 Å². The molecule has 30 heavy (non-hydrogen) atoms. The Kier molecular flexibility index (Phi) is 6.22. The van der Waals surface area contributed by atoms with Crippen LogP contribution in [0, 0.1) is 11.3 Å². The third-order valence-corrected chi connectivity index (χ3v) is 5.94. The van der Waals surface area contributed by atoms with E-state index < -0.39 is 11.6 Å². The van der Waals surface area contributed by atoms with Crippen LogP contribution in [-0.2, 0) is 22.7 Å². The molecule has 2 aliphatic rings. The van der Waals surface area contributed by atoms with E-state index in [-0.39, 0.29) is 23.8 Å². The molecular weight excluding hydrogens is 380 g/mol. The van der Waals surface area contributed by atoms with E-state index in [2.05, 4.69) is 36.3 Å². The number of carbonyl (C=O) groups excluding carboxylic acids is 3. The zero-order valence-corrected chi connectivity index (χ0v) is 18.7. The summed E-state index contributed by atoms with van der Waals surface area (Å²) in [4.78, 5) is 41.3. The molecule has 1 aromatic carbocycles. The second-order valence-electron chi connectivity index (χ2n) is 10.1. The summed E-state index contributed by atoms with van der Waals surface area (Å²) in [6.07, 6.45) is 2.25. The molecule has 0 radical (unpaired) electrons. The number of rotatable bonds is 6. The van der Waals surface area contributed by atoms with Crippen molar-refractivity contribution in [2.24, 2.45) is 11.3 Å². The van der Waals surface area contributed by atoms with Gasteiger partial charge < -0.3 is 15.5 Å². The number of urea groups is 1. The van der Waals surface area contributed by atoms with Gasteiger partial charge >= 0.3 is 6.03 Å². The molecule has 1 saturated carbocycles. The second-order valence-corrected chi connectivity index (χ2v) is 10.1. The largest absolute Gasteiger partial charge is 0.350 e. The fourth-order valence-corrected chi connectivity index (χ4v) is 5.18. The lowest BCUT2D eigenvalue weighted by Crippen LogP contribution is -2.54. The van der Waals surface area contributed by atoms with Crippen LogP contribution < -0.4 is 10.6 Å². The molecule has 1 aliphatic heterocycles. The first-order chi connectivity index (χ1) is 14.0. The van der Waals surface area contributed by atoms with E-state index in [9.17, 15) is 14.4 Å². The molecular formula is C23H34N4O3. The molecule has 2 N–H and O–H groups in total. The Labute approximate surface area is 179 Å². The van der Waals surface area contributed by atoms with Gasteiger partial charge in [-0.3, -0.25) is 14.5 Å². The van der Waals surface area contributed by atoms with E-state index >= 15 is 0 Å². The van der Waals surface area contributed by atoms with Crippen molar-refractivity contribution >= 4 is 17.8 Å². The number of carbonyl (C=O) groups is 3. The first-order valence-corrected chi connectivity index (χ1v) is 10.6. The van der Waals surface area contributed by atoms with Crippen molar-refractivity contribution in [1.82, 2.24) is 20.4 Å². The van der Waals surface area contributed by atoms with Gasteiger partial charge in [-0.15, -0.1) is 0 Å². The van der Waals surface area contributed by atoms with Gasteiger partial charge in [0.2, 0.25) is 5.91 Å². The maximum Gasteiger partial charge on any atom is 0.325 e. The van der Waals surface area contributed by atoms with Gasteiger partial charge in [0.15, 0.2) is 0 Å². The number of benzene rings is 1. The lowest BCUT2D eigenvalue weighted by molar-refractivity contribution is -0.137. The first-order valence-electron chi connectivity index (χ1n) is 10.6. The average Bonchev–Trinajstić information content (AvgIpc) is 2.82. The average molecular weight is 415 g/mol. The van der Waals surface area contributed by atoms with E-state index in [0.717, 1.165) is 23.4 Å². The Morgan fingerprint density at radius 1 is 1.17 bits per heavy atom. The van der Waals surface area contributed by atoms with Gasteiger partial charge in [-0.05, 0) is 55.8 Å². The molecule has 7 heteroatoms. The SMILES string of the molecule is CC1CC(C)(C)CC2(C1)NC(=O)N(CC(=O)NCc1ccc(CN(C)C)cc1)C2=O. The van der Waals surface area contributed by atoms with Gasteiger partial charge in [-0.1, -0.05) is 45.0 Å². The third kappa shape index (κ3) is 5.01. The number of imide groups is 1. The van der Waals surface area contributed by atoms with Crippen molar-refractivity contribution in [3.05, 3.63) is 35.4 Å². The van der Waals surface area contributed by atoms with Crippen LogP contribution in [0.5, 0.6) is 0 Å². The molecule has 2 unspecified atom stereocenters. The van der Waals surface area contributed by atoms with Gasteiger partial charge in [0.05, 0.1) is 0 Å². The fraction of sp³-hybridized carbons (Fsp3) is 0.609. The van der Waals surface area contributed by atoms with E-state index in [1.807, 2.05) is 38.4 Å². The first kappa shape index (κ1) is 22.3. The molecule has 1 spiro atoms. The van der Waals surface area contributed by atoms with Crippen LogP contribution in [-0.4, -0.2) is 53.8 Å². The molecule has 3 rings (SSSR count). The minimum Gasteiger partial charge on any atom is -0.350 e. The number of hydrogen-bond acceptors (Lipinski definition) is 4. The van der Waals surface area contributed by atoms with Crippen molar-refractivity contribution in [2.75, 3.05) is 20.6 Å². The maximum absolute atomic E-state index is 13.1. The lowest BCUT2D eigenvalue weighted by Gasteiger charge is -2.43. The lowest BCUT2D eigenvalue weighted by atomic mass is 9.64. The molecule has 4 amide bonds. The fourth-order valence-electron chi connectivity index (χ4n) is 5.18. The zero-order valence-electron chi connectivity index (χ0n) is 18.7. The molecule has 1 aliphatic carbocycles. The Hall–Kier alpha value is -2.41. The molecule has 1 heterocycles. The minimum absolute atomic E-state index is 0.0301. The van der Waals surface area contributed by atoms with E-state index in [1.165, 1.54) is 5.56 Å². The molecule has 0 aromatic heterocycles. The standard InChI is InChI=1S/C23H34N4O3/c1-16-10-22(2,3)15-23(11-16)20(29)27(21(30)25-23)14-19(28)24-12-17-6-8-18(9-7-17)13-26(4)5/h6-9,16H,10-15H2,1-5H3,(H,24,28)(H,25,30). The monoisotopic (exact) mass is 414 g/mol. The quantitative estimate of drug-likeness (QED) is 0.701. The van der Waals surface area contributed by atoms with Crippen LogP contribution in [0.2, 0.25) is 0 Å². The van der Waals surface area contributed by atoms with E-state index in [0.29, 0.717) is 25.3 Å². The summed E-state index contributed by atoms with van der Waals surface area (Å²) < 4.78 is 0. The van der Waals surface area contributed by atoms with Crippen LogP contribution in [0.3, 0.4) is 0 Å². The van der Waals surface area contributed by atoms with Gasteiger partial charge in [0, 0.05) is 13.1 Å². The van der Waals surface area contributed by atoms with Crippen molar-refractivity contribution in [3.63, 3.8) is 0 Å². The predicted octanol–water partition coefficient (Wildman–Crippen LogP) is 2.50. The van der Waals surface area contributed by atoms with Crippen molar-refractivity contribution < 1.29 is 14.4 Å². The highest BCUT2D eigenvalue weighted by Crippen LogP contribution is 2.46. The van der Waals surface area contributed by atoms with Gasteiger partial charge in [-0.25, -0.2) is 4.79 Å². The summed E-state index contributed by atoms with van der Waals surface area (Å²) in [5.41, 5.74) is 1.27. The highest BCUT2D eigenvalue weighted by molar-refractivity contribution is 6.09. The summed E-state index contributed by atoms with van der Waals surface area (Å²) in [7, 11) is 4.03. The summed E-state index contributed by atoms with van der Waals surface area (Å²) in [6.45, 7) is 7.34. The molecule has 2 fully saturated rings. The molecule has 0 bridgehead atoms. The number of amides is 4. The van der Waals surface area contributed by atoms with Gasteiger partial charge in [-0.2, -0.15) is 0 Å². The van der Waals surface area contributed by atoms with E-state index in [4.69, 9.17) is 0 Å². The van der Waals surface area contributed by atoms with Gasteiger partial charge in [0.25, 0.3) is 5.91 Å². The molecule has 2 atom stereocenters. The third-order valence-electron chi connectivity index (χ3n) is 5.94. The van der Waals surface area contributed by atoms with Crippen molar-refractivity contribution in [2.45, 2.75) is 58.7 Å². The zero-order chi connectivity index (χ0) is 22.1. The Balaban J connectivity index is 1.57. The number of nitrogens with one attached hydrogen (secondary N) is 2. The minimum atomic E-state index is -0.874. The Morgan fingerprint density at radius 2 is 1.80 bits per heavy atom. The molecule has 7 nitrogen and oxygen atoms in total. The number of nitrogens with zero attached hydrogens (tertiary/aromatic N) is 2.